The van der Waals surface area contributed by atoms with Crippen LogP contribution in [-0.4, -0.2) is 19.9 Å². The number of nitrogens with one attached hydrogen (secondary N) is 3. The highest BCUT2D eigenvalue weighted by molar-refractivity contribution is 6.04. The number of rotatable bonds is 7. The molecule has 7 heteroatoms. The SMILES string of the molecule is O=c1cc(-c2ccc(NC3=Cc4nc3c(-c3ccccc3)c3ccc([nH]3)c(-c3ccccc3)c3nc(c(-c5ccccc5)c5ccc([nH]5)c4-c4ccccc4)C=C3)cc2)oc2ccccc12. The van der Waals surface area contributed by atoms with Crippen molar-refractivity contribution >= 4 is 62.6 Å². The third kappa shape index (κ3) is 7.01. The van der Waals surface area contributed by atoms with Crippen LogP contribution in [0.2, 0.25) is 0 Å². The first-order valence-corrected chi connectivity index (χ1v) is 21.9. The van der Waals surface area contributed by atoms with Crippen LogP contribution in [0.25, 0.3) is 113 Å². The van der Waals surface area contributed by atoms with Crippen molar-refractivity contribution in [3.63, 3.8) is 0 Å². The smallest absolute Gasteiger partial charge is 0.193 e. The number of benzene rings is 6. The summed E-state index contributed by atoms with van der Waals surface area (Å²) < 4.78 is 6.21. The summed E-state index contributed by atoms with van der Waals surface area (Å²) >= 11 is 0. The average Bonchev–Trinajstić information content (AvgIpc) is 4.21. The third-order valence-corrected chi connectivity index (χ3v) is 12.2. The summed E-state index contributed by atoms with van der Waals surface area (Å²) in [5.41, 5.74) is 17.9. The number of anilines is 1. The predicted molar refractivity (Wildman–Crippen MR) is 271 cm³/mol. The number of hydrogen-bond acceptors (Lipinski definition) is 5. The second-order valence-corrected chi connectivity index (χ2v) is 16.3. The molecule has 4 aromatic heterocycles. The largest absolute Gasteiger partial charge is 0.456 e. The van der Waals surface area contributed by atoms with Gasteiger partial charge in [0.25, 0.3) is 0 Å². The molecular weight excluding hydrogens is 811 g/mol. The Kier molecular flexibility index (Phi) is 9.50. The molecule has 0 amide bonds. The maximum atomic E-state index is 13.0. The molecule has 0 fully saturated rings. The molecule has 66 heavy (non-hydrogen) atoms. The zero-order valence-electron chi connectivity index (χ0n) is 35.5. The fourth-order valence-corrected chi connectivity index (χ4v) is 9.13. The van der Waals surface area contributed by atoms with E-state index in [1.165, 1.54) is 0 Å². The molecule has 0 radical (unpaired) electrons. The Morgan fingerprint density at radius 3 is 1.41 bits per heavy atom. The molecule has 312 valence electrons. The minimum Gasteiger partial charge on any atom is -0.456 e. The summed E-state index contributed by atoms with van der Waals surface area (Å²) in [6.45, 7) is 0. The van der Waals surface area contributed by atoms with Gasteiger partial charge in [-0.2, -0.15) is 0 Å². The Bertz CT molecular complexity index is 3780. The summed E-state index contributed by atoms with van der Waals surface area (Å²) in [5, 5.41) is 4.34. The van der Waals surface area contributed by atoms with Gasteiger partial charge in [-0.1, -0.05) is 133 Å². The van der Waals surface area contributed by atoms with Gasteiger partial charge in [0.1, 0.15) is 11.3 Å². The quantitative estimate of drug-likeness (QED) is 0.148. The van der Waals surface area contributed by atoms with E-state index < -0.39 is 0 Å². The Morgan fingerprint density at radius 2 is 0.879 bits per heavy atom. The van der Waals surface area contributed by atoms with Gasteiger partial charge in [-0.15, -0.1) is 0 Å². The molecule has 0 unspecified atom stereocenters. The monoisotopic (exact) mass is 849 g/mol. The Balaban J connectivity index is 1.15. The van der Waals surface area contributed by atoms with Gasteiger partial charge in [-0.25, -0.2) is 9.97 Å². The lowest BCUT2D eigenvalue weighted by molar-refractivity contribution is 0.619. The normalized spacial score (nSPS) is 12.0. The third-order valence-electron chi connectivity index (χ3n) is 12.2. The summed E-state index contributed by atoms with van der Waals surface area (Å²) in [6.07, 6.45) is 6.39. The van der Waals surface area contributed by atoms with E-state index in [1.54, 1.807) is 12.1 Å². The van der Waals surface area contributed by atoms with Crippen molar-refractivity contribution in [1.29, 1.82) is 0 Å². The van der Waals surface area contributed by atoms with E-state index in [0.717, 1.165) is 106 Å². The predicted octanol–water partition coefficient (Wildman–Crippen LogP) is 14.5. The molecule has 3 N–H and O–H groups in total. The van der Waals surface area contributed by atoms with Crippen molar-refractivity contribution in [2.75, 3.05) is 5.32 Å². The zero-order chi connectivity index (χ0) is 44.0. The maximum Gasteiger partial charge on any atom is 0.193 e. The van der Waals surface area contributed by atoms with E-state index >= 15 is 0 Å². The summed E-state index contributed by atoms with van der Waals surface area (Å²) in [6, 6.07) is 67.2. The van der Waals surface area contributed by atoms with Crippen molar-refractivity contribution < 1.29 is 4.42 Å². The van der Waals surface area contributed by atoms with E-state index in [9.17, 15) is 4.79 Å². The maximum absolute atomic E-state index is 13.0. The van der Waals surface area contributed by atoms with Gasteiger partial charge < -0.3 is 19.7 Å². The molecule has 8 bridgehead atoms. The van der Waals surface area contributed by atoms with Crippen molar-refractivity contribution in [3.8, 4) is 55.8 Å². The molecule has 7 nitrogen and oxygen atoms in total. The minimum absolute atomic E-state index is 0.0785. The zero-order valence-corrected chi connectivity index (χ0v) is 35.5. The highest BCUT2D eigenvalue weighted by Gasteiger charge is 2.23. The van der Waals surface area contributed by atoms with Crippen LogP contribution >= 0.6 is 0 Å². The molecule has 0 spiro atoms. The van der Waals surface area contributed by atoms with Crippen LogP contribution in [0.3, 0.4) is 0 Å². The van der Waals surface area contributed by atoms with Gasteiger partial charge in [0, 0.05) is 61.6 Å². The molecule has 0 saturated carbocycles. The van der Waals surface area contributed by atoms with Crippen molar-refractivity contribution in [3.05, 3.63) is 233 Å². The van der Waals surface area contributed by atoms with E-state index in [0.29, 0.717) is 16.7 Å². The second-order valence-electron chi connectivity index (χ2n) is 16.3. The van der Waals surface area contributed by atoms with E-state index in [2.05, 4.69) is 155 Å². The minimum atomic E-state index is -0.0785. The first-order valence-electron chi connectivity index (χ1n) is 21.9. The lowest BCUT2D eigenvalue weighted by Crippen LogP contribution is -2.01. The van der Waals surface area contributed by atoms with Crippen molar-refractivity contribution in [2.45, 2.75) is 0 Å². The van der Waals surface area contributed by atoms with E-state index in [1.807, 2.05) is 66.7 Å². The topological polar surface area (TPSA) is 99.6 Å². The Hall–Kier alpha value is -9.07. The number of aromatic amines is 2. The molecule has 0 aliphatic carbocycles. The highest BCUT2D eigenvalue weighted by atomic mass is 16.3. The van der Waals surface area contributed by atoms with Crippen LogP contribution in [0.15, 0.2) is 209 Å². The van der Waals surface area contributed by atoms with Gasteiger partial charge >= 0.3 is 0 Å². The van der Waals surface area contributed by atoms with Crippen LogP contribution in [-0.2, 0) is 0 Å². The highest BCUT2D eigenvalue weighted by Crippen LogP contribution is 2.41. The van der Waals surface area contributed by atoms with Crippen LogP contribution in [0, 0.1) is 0 Å². The van der Waals surface area contributed by atoms with Gasteiger partial charge in [-0.05, 0) is 101 Å². The number of H-pyrrole nitrogens is 2. The first-order chi connectivity index (χ1) is 32.6. The molecule has 6 heterocycles. The Morgan fingerprint density at radius 1 is 0.424 bits per heavy atom. The molecule has 2 aliphatic rings. The van der Waals surface area contributed by atoms with E-state index in [4.69, 9.17) is 14.4 Å². The fraction of sp³-hybridized carbons (Fsp3) is 0. The Labute approximate surface area is 379 Å². The van der Waals surface area contributed by atoms with Gasteiger partial charge in [0.2, 0.25) is 0 Å². The molecule has 0 atom stereocenters. The number of hydrogen-bond donors (Lipinski definition) is 3. The molecular formula is C59H39N5O2. The number of aromatic nitrogens is 4. The molecule has 0 saturated heterocycles. The van der Waals surface area contributed by atoms with Crippen LogP contribution in [0.5, 0.6) is 0 Å². The second kappa shape index (κ2) is 16.2. The molecule has 6 aromatic carbocycles. The van der Waals surface area contributed by atoms with E-state index in [-0.39, 0.29) is 5.43 Å². The first kappa shape index (κ1) is 38.6. The summed E-state index contributed by atoms with van der Waals surface area (Å²) in [4.78, 5) is 31.8. The molecule has 2 aliphatic heterocycles. The standard InChI is InChI=1S/C59H39N5O2/c65-52-36-54(66-53-24-14-13-23-43(52)53)37-25-27-42(28-26-37)60-51-35-50-57(40-19-9-3-10-20-40)48-32-31-46(62-48)55(38-15-5-1-6-16-38)44-29-30-45(61-44)56(39-17-7-2-8-18-39)47-33-34-49(63-47)58(59(51)64-50)41-21-11-4-12-22-41/h1-36,60,62-63H. The fourth-order valence-electron chi connectivity index (χ4n) is 9.13. The average molecular weight is 850 g/mol. The molecule has 12 rings (SSSR count). The lowest BCUT2D eigenvalue weighted by Gasteiger charge is -2.12. The van der Waals surface area contributed by atoms with Gasteiger partial charge in [0.15, 0.2) is 5.43 Å². The van der Waals surface area contributed by atoms with Gasteiger partial charge in [0.05, 0.1) is 33.9 Å². The van der Waals surface area contributed by atoms with Crippen molar-refractivity contribution in [2.24, 2.45) is 0 Å². The number of fused-ring (bicyclic) bond motifs is 9. The van der Waals surface area contributed by atoms with Crippen molar-refractivity contribution in [1.82, 2.24) is 19.9 Å². The van der Waals surface area contributed by atoms with Crippen LogP contribution < -0.4 is 10.7 Å². The van der Waals surface area contributed by atoms with Crippen LogP contribution in [0.4, 0.5) is 5.69 Å². The number of nitrogens with zero attached hydrogens (tertiary/aromatic N) is 2. The summed E-state index contributed by atoms with van der Waals surface area (Å²) in [7, 11) is 0. The van der Waals surface area contributed by atoms with Gasteiger partial charge in [-0.3, -0.25) is 4.79 Å². The lowest BCUT2D eigenvalue weighted by atomic mass is 10.0. The van der Waals surface area contributed by atoms with Crippen LogP contribution in [0.1, 0.15) is 22.8 Å². The number of para-hydroxylation sites is 1. The summed E-state index contributed by atoms with van der Waals surface area (Å²) in [5.74, 6) is 0.509. The molecule has 10 aromatic rings.